The van der Waals surface area contributed by atoms with Gasteiger partial charge in [0, 0.05) is 29.1 Å². The second-order valence-electron chi connectivity index (χ2n) is 7.76. The van der Waals surface area contributed by atoms with Gasteiger partial charge in [-0.2, -0.15) is 0 Å². The van der Waals surface area contributed by atoms with Crippen LogP contribution in [0.2, 0.25) is 0 Å². The van der Waals surface area contributed by atoms with Gasteiger partial charge in [-0.05, 0) is 62.9 Å². The Kier molecular flexibility index (Phi) is 8.39. The van der Waals surface area contributed by atoms with Gasteiger partial charge >= 0.3 is 0 Å². The molecule has 0 unspecified atom stereocenters. The van der Waals surface area contributed by atoms with E-state index in [9.17, 15) is 9.59 Å². The molecule has 0 spiro atoms. The van der Waals surface area contributed by atoms with Gasteiger partial charge in [0.15, 0.2) is 5.16 Å². The molecule has 0 radical (unpaired) electrons. The van der Waals surface area contributed by atoms with Crippen LogP contribution in [0.4, 0.5) is 0 Å². The van der Waals surface area contributed by atoms with Crippen LogP contribution in [0, 0.1) is 20.8 Å². The minimum atomic E-state index is -0.339. The number of aryl methyl sites for hydroxylation is 4. The van der Waals surface area contributed by atoms with Crippen molar-refractivity contribution in [3.63, 3.8) is 0 Å². The van der Waals surface area contributed by atoms with E-state index in [-0.39, 0.29) is 11.8 Å². The fourth-order valence-corrected chi connectivity index (χ4v) is 4.03. The second-order valence-corrected chi connectivity index (χ2v) is 8.70. The number of aromatic nitrogens is 2. The first-order valence-electron chi connectivity index (χ1n) is 10.6. The first-order chi connectivity index (χ1) is 15.4. The predicted octanol–water partition coefficient (Wildman–Crippen LogP) is 4.48. The Hall–Kier alpha value is -3.19. The molecule has 6 nitrogen and oxygen atoms in total. The molecule has 166 valence electrons. The molecule has 0 atom stereocenters. The number of nitrogens with zero attached hydrogens (tertiary/aromatic N) is 2. The van der Waals surface area contributed by atoms with Gasteiger partial charge in [0.05, 0.1) is 0 Å². The van der Waals surface area contributed by atoms with Crippen molar-refractivity contribution >= 4 is 23.6 Å². The average molecular weight is 449 g/mol. The largest absolute Gasteiger partial charge is 0.273 e. The van der Waals surface area contributed by atoms with Crippen LogP contribution in [0.3, 0.4) is 0 Å². The van der Waals surface area contributed by atoms with Gasteiger partial charge in [-0.25, -0.2) is 9.97 Å². The number of amides is 2. The van der Waals surface area contributed by atoms with E-state index in [4.69, 9.17) is 0 Å². The zero-order chi connectivity index (χ0) is 22.9. The van der Waals surface area contributed by atoms with Crippen LogP contribution in [0.25, 0.3) is 0 Å². The maximum absolute atomic E-state index is 12.3. The molecule has 7 heteroatoms. The number of benzene rings is 2. The van der Waals surface area contributed by atoms with Crippen LogP contribution in [0.1, 0.15) is 51.3 Å². The van der Waals surface area contributed by atoms with E-state index in [1.807, 2.05) is 39.0 Å². The van der Waals surface area contributed by atoms with Crippen LogP contribution < -0.4 is 10.9 Å². The molecule has 0 aliphatic carbocycles. The zero-order valence-corrected chi connectivity index (χ0v) is 19.5. The number of rotatable bonds is 8. The number of carbonyl (C=O) groups excluding carboxylic acids is 2. The van der Waals surface area contributed by atoms with Gasteiger partial charge in [-0.1, -0.05) is 53.7 Å². The molecule has 0 saturated heterocycles. The number of carbonyl (C=O) groups is 2. The molecule has 0 aliphatic rings. The summed E-state index contributed by atoms with van der Waals surface area (Å²) in [6.07, 6.45) is 1.90. The lowest BCUT2D eigenvalue weighted by Gasteiger charge is -2.08. The molecule has 1 aromatic heterocycles. The molecular weight excluding hydrogens is 420 g/mol. The molecule has 0 bridgehead atoms. The molecule has 2 N–H and O–H groups in total. The van der Waals surface area contributed by atoms with Gasteiger partial charge in [0.25, 0.3) is 5.91 Å². The Bertz CT molecular complexity index is 1050. The fourth-order valence-electron chi connectivity index (χ4n) is 3.13. The van der Waals surface area contributed by atoms with Crippen LogP contribution in [-0.2, 0) is 17.0 Å². The summed E-state index contributed by atoms with van der Waals surface area (Å²) >= 11 is 1.56. The highest BCUT2D eigenvalue weighted by Crippen LogP contribution is 2.20. The average Bonchev–Trinajstić information content (AvgIpc) is 2.77. The summed E-state index contributed by atoms with van der Waals surface area (Å²) in [5.74, 6) is 0.170. The van der Waals surface area contributed by atoms with E-state index >= 15 is 0 Å². The van der Waals surface area contributed by atoms with Crippen molar-refractivity contribution in [2.45, 2.75) is 50.9 Å². The predicted molar refractivity (Wildman–Crippen MR) is 127 cm³/mol. The standard InChI is InChI=1S/C25H28N4O2S/c1-17-7-9-20(10-8-17)5-4-6-23(30)28-29-24(31)22-13-11-21(12-14-22)16-32-25-26-18(2)15-19(3)27-25/h7-15H,4-6,16H2,1-3H3,(H,28,30)(H,29,31). The van der Waals surface area contributed by atoms with E-state index < -0.39 is 0 Å². The van der Waals surface area contributed by atoms with Crippen molar-refractivity contribution in [2.24, 2.45) is 0 Å². The molecule has 1 heterocycles. The Morgan fingerprint density at radius 1 is 0.844 bits per heavy atom. The smallest absolute Gasteiger partial charge is 0.269 e. The molecule has 0 saturated carbocycles. The lowest BCUT2D eigenvalue weighted by molar-refractivity contribution is -0.121. The fraction of sp³-hybridized carbons (Fsp3) is 0.280. The maximum atomic E-state index is 12.3. The number of hydrazine groups is 1. The number of hydrogen-bond donors (Lipinski definition) is 2. The van der Waals surface area contributed by atoms with Crippen LogP contribution >= 0.6 is 11.8 Å². The Labute approximate surface area is 193 Å². The summed E-state index contributed by atoms with van der Waals surface area (Å²) in [5.41, 5.74) is 10.8. The minimum absolute atomic E-state index is 0.202. The van der Waals surface area contributed by atoms with Gasteiger partial charge in [0.2, 0.25) is 5.91 Å². The number of nitrogens with one attached hydrogen (secondary N) is 2. The number of hydrogen-bond acceptors (Lipinski definition) is 5. The monoisotopic (exact) mass is 448 g/mol. The summed E-state index contributed by atoms with van der Waals surface area (Å²) in [4.78, 5) is 33.1. The van der Waals surface area contributed by atoms with E-state index in [1.165, 1.54) is 11.1 Å². The van der Waals surface area contributed by atoms with Crippen molar-refractivity contribution in [3.8, 4) is 0 Å². The van der Waals surface area contributed by atoms with E-state index in [2.05, 4.69) is 45.1 Å². The molecule has 32 heavy (non-hydrogen) atoms. The van der Waals surface area contributed by atoms with E-state index in [0.717, 1.165) is 34.9 Å². The van der Waals surface area contributed by atoms with Crippen molar-refractivity contribution in [3.05, 3.63) is 88.2 Å². The molecule has 0 fully saturated rings. The van der Waals surface area contributed by atoms with E-state index in [0.29, 0.717) is 17.7 Å². The highest BCUT2D eigenvalue weighted by Gasteiger charge is 2.08. The summed E-state index contributed by atoms with van der Waals surface area (Å²) in [6.45, 7) is 5.96. The molecule has 2 amide bonds. The molecule has 2 aromatic carbocycles. The van der Waals surface area contributed by atoms with Crippen molar-refractivity contribution in [1.29, 1.82) is 0 Å². The van der Waals surface area contributed by atoms with E-state index in [1.54, 1.807) is 23.9 Å². The third-order valence-corrected chi connectivity index (χ3v) is 5.77. The quantitative estimate of drug-likeness (QED) is 0.302. The van der Waals surface area contributed by atoms with Gasteiger partial charge in [-0.3, -0.25) is 20.4 Å². The minimum Gasteiger partial charge on any atom is -0.273 e. The highest BCUT2D eigenvalue weighted by molar-refractivity contribution is 7.98. The lowest BCUT2D eigenvalue weighted by atomic mass is 10.1. The normalized spacial score (nSPS) is 10.6. The molecular formula is C25H28N4O2S. The lowest BCUT2D eigenvalue weighted by Crippen LogP contribution is -2.41. The van der Waals surface area contributed by atoms with Gasteiger partial charge < -0.3 is 0 Å². The Morgan fingerprint density at radius 2 is 1.47 bits per heavy atom. The Balaban J connectivity index is 1.40. The first-order valence-corrected chi connectivity index (χ1v) is 11.6. The van der Waals surface area contributed by atoms with Crippen LogP contribution in [0.15, 0.2) is 59.8 Å². The number of thioether (sulfide) groups is 1. The van der Waals surface area contributed by atoms with Crippen molar-refractivity contribution < 1.29 is 9.59 Å². The zero-order valence-electron chi connectivity index (χ0n) is 18.6. The highest BCUT2D eigenvalue weighted by atomic mass is 32.2. The van der Waals surface area contributed by atoms with Crippen molar-refractivity contribution in [1.82, 2.24) is 20.8 Å². The van der Waals surface area contributed by atoms with Gasteiger partial charge in [0.1, 0.15) is 0 Å². The third kappa shape index (κ3) is 7.50. The third-order valence-electron chi connectivity index (χ3n) is 4.85. The molecule has 3 aromatic rings. The summed E-state index contributed by atoms with van der Waals surface area (Å²) in [6, 6.07) is 17.5. The van der Waals surface area contributed by atoms with Crippen LogP contribution in [0.5, 0.6) is 0 Å². The first kappa shape index (κ1) is 23.5. The topological polar surface area (TPSA) is 84.0 Å². The summed E-state index contributed by atoms with van der Waals surface area (Å²) in [7, 11) is 0. The molecule has 3 rings (SSSR count). The Morgan fingerprint density at radius 3 is 2.12 bits per heavy atom. The SMILES string of the molecule is Cc1ccc(CCCC(=O)NNC(=O)c2ccc(CSc3nc(C)cc(C)n3)cc2)cc1. The molecule has 0 aliphatic heterocycles. The summed E-state index contributed by atoms with van der Waals surface area (Å²) in [5, 5.41) is 0.745. The van der Waals surface area contributed by atoms with Gasteiger partial charge in [-0.15, -0.1) is 0 Å². The van der Waals surface area contributed by atoms with Crippen molar-refractivity contribution in [2.75, 3.05) is 0 Å². The second kappa shape index (κ2) is 11.4. The maximum Gasteiger partial charge on any atom is 0.269 e. The van der Waals surface area contributed by atoms with Crippen LogP contribution in [-0.4, -0.2) is 21.8 Å². The summed E-state index contributed by atoms with van der Waals surface area (Å²) < 4.78 is 0.